The van der Waals surface area contributed by atoms with Crippen molar-refractivity contribution in [1.29, 1.82) is 0 Å². The van der Waals surface area contributed by atoms with Gasteiger partial charge in [0.1, 0.15) is 22.8 Å². The molecule has 1 aromatic carbocycles. The maximum absolute atomic E-state index is 11.3. The monoisotopic (exact) mass is 318 g/mol. The van der Waals surface area contributed by atoms with Gasteiger partial charge in [-0.1, -0.05) is 17.3 Å². The molecule has 1 heterocycles. The third-order valence-electron chi connectivity index (χ3n) is 3.74. The molecule has 2 aromatic rings. The molecule has 0 aliphatic heterocycles. The van der Waals surface area contributed by atoms with Crippen LogP contribution in [-0.4, -0.2) is 35.3 Å². The summed E-state index contributed by atoms with van der Waals surface area (Å²) in [5, 5.41) is 13.1. The van der Waals surface area contributed by atoms with Crippen LogP contribution < -0.4 is 4.74 Å². The molecule has 0 fully saturated rings. The van der Waals surface area contributed by atoms with Crippen molar-refractivity contribution in [1.82, 2.24) is 10.1 Å². The number of ether oxygens (including phenoxy) is 1. The number of carbonyl (C=O) groups is 1. The number of hydrogen-bond donors (Lipinski definition) is 1. The lowest BCUT2D eigenvalue weighted by Gasteiger charge is -2.17. The van der Waals surface area contributed by atoms with Crippen molar-refractivity contribution in [2.75, 3.05) is 14.2 Å². The SMILES string of the molecule is COc1c(C)cc(CN(C)Cc2noc(C)c2C(=O)O)cc1C. The van der Waals surface area contributed by atoms with Crippen LogP contribution >= 0.6 is 0 Å². The van der Waals surface area contributed by atoms with Crippen molar-refractivity contribution in [2.24, 2.45) is 0 Å². The number of aryl methyl sites for hydroxylation is 3. The van der Waals surface area contributed by atoms with Gasteiger partial charge in [0.2, 0.25) is 0 Å². The molecule has 6 nitrogen and oxygen atoms in total. The number of nitrogens with zero attached hydrogens (tertiary/aromatic N) is 2. The van der Waals surface area contributed by atoms with Crippen molar-refractivity contribution >= 4 is 5.97 Å². The first kappa shape index (κ1) is 17.0. The van der Waals surface area contributed by atoms with E-state index in [4.69, 9.17) is 9.26 Å². The van der Waals surface area contributed by atoms with Crippen molar-refractivity contribution in [3.05, 3.63) is 45.8 Å². The second-order valence-corrected chi connectivity index (χ2v) is 5.80. The Kier molecular flexibility index (Phi) is 5.05. The first-order valence-electron chi connectivity index (χ1n) is 7.34. The molecule has 0 saturated carbocycles. The fourth-order valence-electron chi connectivity index (χ4n) is 2.88. The van der Waals surface area contributed by atoms with E-state index in [2.05, 4.69) is 17.3 Å². The van der Waals surface area contributed by atoms with Gasteiger partial charge >= 0.3 is 5.97 Å². The molecule has 1 aromatic heterocycles. The zero-order chi connectivity index (χ0) is 17.1. The topological polar surface area (TPSA) is 75.8 Å². The molecule has 0 amide bonds. The highest BCUT2D eigenvalue weighted by Gasteiger charge is 2.20. The molecule has 0 spiro atoms. The Labute approximate surface area is 135 Å². The number of carboxylic acids is 1. The van der Waals surface area contributed by atoms with Crippen molar-refractivity contribution in [3.63, 3.8) is 0 Å². The van der Waals surface area contributed by atoms with Crippen LogP contribution in [0.15, 0.2) is 16.7 Å². The zero-order valence-electron chi connectivity index (χ0n) is 14.1. The minimum Gasteiger partial charge on any atom is -0.496 e. The summed E-state index contributed by atoms with van der Waals surface area (Å²) < 4.78 is 10.4. The van der Waals surface area contributed by atoms with E-state index in [0.29, 0.717) is 24.5 Å². The van der Waals surface area contributed by atoms with E-state index < -0.39 is 5.97 Å². The van der Waals surface area contributed by atoms with E-state index in [1.807, 2.05) is 25.8 Å². The first-order valence-corrected chi connectivity index (χ1v) is 7.34. The summed E-state index contributed by atoms with van der Waals surface area (Å²) in [5.74, 6) is 0.219. The minimum atomic E-state index is -1.01. The predicted octanol–water partition coefficient (Wildman–Crippen LogP) is 2.94. The quantitative estimate of drug-likeness (QED) is 0.882. The number of benzene rings is 1. The predicted molar refractivity (Wildman–Crippen MR) is 85.8 cm³/mol. The molecular formula is C17H22N2O4. The van der Waals surface area contributed by atoms with E-state index in [1.165, 1.54) is 0 Å². The smallest absolute Gasteiger partial charge is 0.341 e. The third-order valence-corrected chi connectivity index (χ3v) is 3.74. The molecule has 124 valence electrons. The molecule has 0 saturated heterocycles. The lowest BCUT2D eigenvalue weighted by molar-refractivity contribution is 0.0693. The van der Waals surface area contributed by atoms with Crippen molar-refractivity contribution < 1.29 is 19.2 Å². The molecule has 0 aliphatic carbocycles. The van der Waals surface area contributed by atoms with Gasteiger partial charge in [0.15, 0.2) is 0 Å². The van der Waals surface area contributed by atoms with Crippen LogP contribution in [-0.2, 0) is 13.1 Å². The van der Waals surface area contributed by atoms with Gasteiger partial charge in [-0.3, -0.25) is 4.90 Å². The van der Waals surface area contributed by atoms with Crippen LogP contribution in [0.4, 0.5) is 0 Å². The maximum atomic E-state index is 11.3. The number of methoxy groups -OCH3 is 1. The molecule has 0 atom stereocenters. The number of carboxylic acid groups (broad SMARTS) is 1. The highest BCUT2D eigenvalue weighted by Crippen LogP contribution is 2.25. The number of aromatic nitrogens is 1. The van der Waals surface area contributed by atoms with Gasteiger partial charge in [-0.25, -0.2) is 4.79 Å². The van der Waals surface area contributed by atoms with Gasteiger partial charge < -0.3 is 14.4 Å². The Balaban J connectivity index is 2.14. The van der Waals surface area contributed by atoms with Gasteiger partial charge in [-0.15, -0.1) is 0 Å². The zero-order valence-corrected chi connectivity index (χ0v) is 14.1. The van der Waals surface area contributed by atoms with E-state index >= 15 is 0 Å². The summed E-state index contributed by atoms with van der Waals surface area (Å²) in [5.41, 5.74) is 3.90. The van der Waals surface area contributed by atoms with Gasteiger partial charge in [0.05, 0.1) is 7.11 Å². The molecule has 23 heavy (non-hydrogen) atoms. The Morgan fingerprint density at radius 1 is 1.26 bits per heavy atom. The van der Waals surface area contributed by atoms with Crippen LogP contribution in [0.1, 0.15) is 38.5 Å². The Bertz CT molecular complexity index is 698. The number of rotatable bonds is 6. The fraction of sp³-hybridized carbons (Fsp3) is 0.412. The molecule has 2 rings (SSSR count). The summed E-state index contributed by atoms with van der Waals surface area (Å²) >= 11 is 0. The molecule has 0 aliphatic rings. The molecular weight excluding hydrogens is 296 g/mol. The highest BCUT2D eigenvalue weighted by molar-refractivity contribution is 5.89. The molecule has 1 N–H and O–H groups in total. The van der Waals surface area contributed by atoms with Crippen LogP contribution in [0.2, 0.25) is 0 Å². The summed E-state index contributed by atoms with van der Waals surface area (Å²) in [6, 6.07) is 4.16. The fourth-order valence-corrected chi connectivity index (χ4v) is 2.88. The van der Waals surface area contributed by atoms with E-state index in [1.54, 1.807) is 14.0 Å². The van der Waals surface area contributed by atoms with E-state index in [0.717, 1.165) is 22.4 Å². The lowest BCUT2D eigenvalue weighted by Crippen LogP contribution is -2.19. The van der Waals surface area contributed by atoms with Crippen LogP contribution in [0.25, 0.3) is 0 Å². The summed E-state index contributed by atoms with van der Waals surface area (Å²) in [6.45, 7) is 6.72. The Hall–Kier alpha value is -2.34. The molecule has 0 unspecified atom stereocenters. The number of aromatic carboxylic acids is 1. The normalized spacial score (nSPS) is 11.0. The molecule has 0 radical (unpaired) electrons. The van der Waals surface area contributed by atoms with Crippen molar-refractivity contribution in [2.45, 2.75) is 33.9 Å². The van der Waals surface area contributed by atoms with Gasteiger partial charge in [0, 0.05) is 13.1 Å². The van der Waals surface area contributed by atoms with Gasteiger partial charge in [0.25, 0.3) is 0 Å². The highest BCUT2D eigenvalue weighted by atomic mass is 16.5. The number of hydrogen-bond acceptors (Lipinski definition) is 5. The first-order chi connectivity index (χ1) is 10.8. The second-order valence-electron chi connectivity index (χ2n) is 5.80. The van der Waals surface area contributed by atoms with Gasteiger partial charge in [-0.2, -0.15) is 0 Å². The molecule has 0 bridgehead atoms. The average Bonchev–Trinajstić information content (AvgIpc) is 2.79. The van der Waals surface area contributed by atoms with Gasteiger partial charge in [-0.05, 0) is 44.5 Å². The Morgan fingerprint density at radius 3 is 2.39 bits per heavy atom. The van der Waals surface area contributed by atoms with Crippen LogP contribution in [0.5, 0.6) is 5.75 Å². The summed E-state index contributed by atoms with van der Waals surface area (Å²) in [6.07, 6.45) is 0. The third kappa shape index (κ3) is 3.71. The summed E-state index contributed by atoms with van der Waals surface area (Å²) in [7, 11) is 3.59. The van der Waals surface area contributed by atoms with E-state index in [-0.39, 0.29) is 5.56 Å². The minimum absolute atomic E-state index is 0.152. The van der Waals surface area contributed by atoms with Crippen LogP contribution in [0, 0.1) is 20.8 Å². The van der Waals surface area contributed by atoms with Crippen LogP contribution in [0.3, 0.4) is 0 Å². The largest absolute Gasteiger partial charge is 0.496 e. The standard InChI is InChI=1S/C17H22N2O4/c1-10-6-13(7-11(2)16(10)22-5)8-19(4)9-14-15(17(20)21)12(3)23-18-14/h6-7H,8-9H2,1-5H3,(H,20,21). The maximum Gasteiger partial charge on any atom is 0.341 e. The molecule has 6 heteroatoms. The summed E-state index contributed by atoms with van der Waals surface area (Å²) in [4.78, 5) is 13.3. The second kappa shape index (κ2) is 6.83. The van der Waals surface area contributed by atoms with E-state index in [9.17, 15) is 9.90 Å². The lowest BCUT2D eigenvalue weighted by atomic mass is 10.1. The average molecular weight is 318 g/mol. The van der Waals surface area contributed by atoms with Crippen molar-refractivity contribution in [3.8, 4) is 5.75 Å². The Morgan fingerprint density at radius 2 is 1.87 bits per heavy atom.